The third-order valence-corrected chi connectivity index (χ3v) is 3.88. The topological polar surface area (TPSA) is 55.5 Å². The Morgan fingerprint density at radius 1 is 1.00 bits per heavy atom. The van der Waals surface area contributed by atoms with Gasteiger partial charge in [-0.1, -0.05) is 19.3 Å². The van der Waals surface area contributed by atoms with Crippen molar-refractivity contribution in [2.75, 3.05) is 13.2 Å². The second kappa shape index (κ2) is 3.80. The number of nitrogens with two attached hydrogens (primary N) is 1. The van der Waals surface area contributed by atoms with Crippen molar-refractivity contribution in [3.63, 3.8) is 0 Å². The molecule has 3 nitrogen and oxygen atoms in total. The largest absolute Gasteiger partial charge is 0.388 e. The van der Waals surface area contributed by atoms with E-state index in [1.54, 1.807) is 0 Å². The molecule has 2 fully saturated rings. The molecule has 0 aromatic carbocycles. The van der Waals surface area contributed by atoms with Crippen LogP contribution in [0.3, 0.4) is 0 Å². The van der Waals surface area contributed by atoms with Crippen molar-refractivity contribution < 1.29 is 9.84 Å². The maximum atomic E-state index is 10.6. The van der Waals surface area contributed by atoms with Gasteiger partial charge < -0.3 is 15.6 Å². The second-order valence-corrected chi connectivity index (χ2v) is 4.90. The van der Waals surface area contributed by atoms with Gasteiger partial charge in [-0.15, -0.1) is 0 Å². The third kappa shape index (κ3) is 1.69. The molecule has 1 saturated heterocycles. The van der Waals surface area contributed by atoms with Crippen LogP contribution in [0, 0.1) is 0 Å². The predicted molar refractivity (Wildman–Crippen MR) is 55.0 cm³/mol. The normalized spacial score (nSPS) is 38.1. The van der Waals surface area contributed by atoms with Gasteiger partial charge in [-0.05, 0) is 25.7 Å². The molecule has 2 aliphatic rings. The molecule has 1 aliphatic heterocycles. The van der Waals surface area contributed by atoms with Crippen LogP contribution in [-0.2, 0) is 4.74 Å². The number of rotatable bonds is 1. The van der Waals surface area contributed by atoms with E-state index in [1.165, 1.54) is 6.42 Å². The standard InChI is InChI=1S/C11H21NO2/c12-10(5-4-8-14-9-10)11(13)6-2-1-3-7-11/h13H,1-9,12H2. The van der Waals surface area contributed by atoms with Gasteiger partial charge >= 0.3 is 0 Å². The van der Waals surface area contributed by atoms with Crippen LogP contribution in [-0.4, -0.2) is 29.5 Å². The first-order valence-corrected chi connectivity index (χ1v) is 5.75. The van der Waals surface area contributed by atoms with Gasteiger partial charge in [-0.25, -0.2) is 0 Å². The van der Waals surface area contributed by atoms with Crippen LogP contribution in [0.15, 0.2) is 0 Å². The summed E-state index contributed by atoms with van der Waals surface area (Å²) in [5.74, 6) is 0. The first kappa shape index (κ1) is 10.4. The summed E-state index contributed by atoms with van der Waals surface area (Å²) in [6.45, 7) is 1.33. The molecule has 0 aromatic rings. The molecular formula is C11H21NO2. The number of ether oxygens (including phenoxy) is 1. The zero-order chi connectivity index (χ0) is 10.1. The molecule has 14 heavy (non-hydrogen) atoms. The van der Waals surface area contributed by atoms with Crippen LogP contribution in [0.2, 0.25) is 0 Å². The molecule has 1 aliphatic carbocycles. The average molecular weight is 199 g/mol. The van der Waals surface area contributed by atoms with Crippen LogP contribution >= 0.6 is 0 Å². The van der Waals surface area contributed by atoms with Crippen LogP contribution in [0.5, 0.6) is 0 Å². The number of aliphatic hydroxyl groups is 1. The maximum absolute atomic E-state index is 10.6. The van der Waals surface area contributed by atoms with Gasteiger partial charge in [-0.3, -0.25) is 0 Å². The van der Waals surface area contributed by atoms with Crippen LogP contribution in [0.1, 0.15) is 44.9 Å². The summed E-state index contributed by atoms with van der Waals surface area (Å²) >= 11 is 0. The average Bonchev–Trinajstić information content (AvgIpc) is 2.20. The van der Waals surface area contributed by atoms with E-state index in [2.05, 4.69) is 0 Å². The van der Waals surface area contributed by atoms with E-state index in [4.69, 9.17) is 10.5 Å². The zero-order valence-electron chi connectivity index (χ0n) is 8.80. The Kier molecular flexibility index (Phi) is 2.82. The zero-order valence-corrected chi connectivity index (χ0v) is 8.80. The number of hydrogen-bond donors (Lipinski definition) is 2. The van der Waals surface area contributed by atoms with E-state index in [9.17, 15) is 5.11 Å². The van der Waals surface area contributed by atoms with Gasteiger partial charge in [0.25, 0.3) is 0 Å². The van der Waals surface area contributed by atoms with E-state index in [0.29, 0.717) is 6.61 Å². The Bertz CT molecular complexity index is 171. The Labute approximate surface area is 85.6 Å². The molecule has 0 bridgehead atoms. The lowest BCUT2D eigenvalue weighted by Gasteiger charge is -2.48. The molecule has 0 radical (unpaired) electrons. The van der Waals surface area contributed by atoms with Crippen molar-refractivity contribution in [2.45, 2.75) is 56.1 Å². The van der Waals surface area contributed by atoms with Crippen molar-refractivity contribution in [3.8, 4) is 0 Å². The van der Waals surface area contributed by atoms with Crippen LogP contribution in [0.25, 0.3) is 0 Å². The summed E-state index contributed by atoms with van der Waals surface area (Å²) in [4.78, 5) is 0. The molecule has 82 valence electrons. The van der Waals surface area contributed by atoms with Gasteiger partial charge in [0.15, 0.2) is 0 Å². The fourth-order valence-corrected chi connectivity index (χ4v) is 2.82. The molecule has 0 spiro atoms. The highest BCUT2D eigenvalue weighted by atomic mass is 16.5. The van der Waals surface area contributed by atoms with Gasteiger partial charge in [0.05, 0.1) is 17.7 Å². The fourth-order valence-electron chi connectivity index (χ4n) is 2.82. The molecule has 1 heterocycles. The Hall–Kier alpha value is -0.120. The smallest absolute Gasteiger partial charge is 0.0848 e. The minimum Gasteiger partial charge on any atom is -0.388 e. The van der Waals surface area contributed by atoms with E-state index in [0.717, 1.165) is 45.1 Å². The Morgan fingerprint density at radius 3 is 2.29 bits per heavy atom. The molecule has 1 saturated carbocycles. The molecule has 3 heteroatoms. The van der Waals surface area contributed by atoms with E-state index in [1.807, 2.05) is 0 Å². The maximum Gasteiger partial charge on any atom is 0.0848 e. The van der Waals surface area contributed by atoms with Crippen LogP contribution in [0.4, 0.5) is 0 Å². The summed E-state index contributed by atoms with van der Waals surface area (Å²) in [5.41, 5.74) is 5.15. The molecular weight excluding hydrogens is 178 g/mol. The number of hydrogen-bond acceptors (Lipinski definition) is 3. The SMILES string of the molecule is NC1(C2(O)CCCCC2)CCCOC1. The van der Waals surface area contributed by atoms with Crippen molar-refractivity contribution in [1.82, 2.24) is 0 Å². The Balaban J connectivity index is 2.09. The summed E-state index contributed by atoms with van der Waals surface area (Å²) in [5, 5.41) is 10.6. The highest BCUT2D eigenvalue weighted by Crippen LogP contribution is 2.39. The lowest BCUT2D eigenvalue weighted by Crippen LogP contribution is -2.65. The van der Waals surface area contributed by atoms with Crippen molar-refractivity contribution >= 4 is 0 Å². The minimum absolute atomic E-state index is 0.480. The highest BCUT2D eigenvalue weighted by Gasteiger charge is 2.48. The summed E-state index contributed by atoms with van der Waals surface area (Å²) in [6, 6.07) is 0. The molecule has 3 N–H and O–H groups in total. The van der Waals surface area contributed by atoms with Gasteiger partial charge in [0, 0.05) is 6.61 Å². The molecule has 1 unspecified atom stereocenters. The predicted octanol–water partition coefficient (Wildman–Crippen LogP) is 1.19. The van der Waals surface area contributed by atoms with Crippen LogP contribution < -0.4 is 5.73 Å². The summed E-state index contributed by atoms with van der Waals surface area (Å²) in [6.07, 6.45) is 7.05. The fraction of sp³-hybridized carbons (Fsp3) is 1.00. The Morgan fingerprint density at radius 2 is 1.71 bits per heavy atom. The van der Waals surface area contributed by atoms with E-state index >= 15 is 0 Å². The molecule has 0 aromatic heterocycles. The van der Waals surface area contributed by atoms with Gasteiger partial charge in [-0.2, -0.15) is 0 Å². The summed E-state index contributed by atoms with van der Waals surface area (Å²) < 4.78 is 5.42. The molecule has 2 rings (SSSR count). The second-order valence-electron chi connectivity index (χ2n) is 4.90. The van der Waals surface area contributed by atoms with Gasteiger partial charge in [0.1, 0.15) is 0 Å². The molecule has 0 amide bonds. The first-order valence-electron chi connectivity index (χ1n) is 5.75. The van der Waals surface area contributed by atoms with E-state index < -0.39 is 11.1 Å². The lowest BCUT2D eigenvalue weighted by molar-refractivity contribution is -0.114. The highest BCUT2D eigenvalue weighted by molar-refractivity contribution is 5.05. The summed E-state index contributed by atoms with van der Waals surface area (Å²) in [7, 11) is 0. The van der Waals surface area contributed by atoms with Crippen molar-refractivity contribution in [3.05, 3.63) is 0 Å². The monoisotopic (exact) mass is 199 g/mol. The van der Waals surface area contributed by atoms with E-state index in [-0.39, 0.29) is 0 Å². The quantitative estimate of drug-likeness (QED) is 0.667. The van der Waals surface area contributed by atoms with Gasteiger partial charge in [0.2, 0.25) is 0 Å². The first-order chi connectivity index (χ1) is 6.66. The third-order valence-electron chi connectivity index (χ3n) is 3.88. The minimum atomic E-state index is -0.661. The van der Waals surface area contributed by atoms with Crippen molar-refractivity contribution in [2.24, 2.45) is 5.73 Å². The lowest BCUT2D eigenvalue weighted by atomic mass is 9.69. The molecule has 1 atom stereocenters. The van der Waals surface area contributed by atoms with Crippen molar-refractivity contribution in [1.29, 1.82) is 0 Å².